The molecule has 0 aliphatic rings. The van der Waals surface area contributed by atoms with E-state index in [1.165, 1.54) is 17.0 Å². The third kappa shape index (κ3) is 8.23. The lowest BCUT2D eigenvalue weighted by molar-refractivity contribution is -0.140. The van der Waals surface area contributed by atoms with Gasteiger partial charge in [0, 0.05) is 12.6 Å². The Kier molecular flexibility index (Phi) is 11.2. The minimum Gasteiger partial charge on any atom is -0.497 e. The lowest BCUT2D eigenvalue weighted by Gasteiger charge is -2.33. The van der Waals surface area contributed by atoms with Crippen LogP contribution in [0.1, 0.15) is 39.7 Å². The first kappa shape index (κ1) is 31.5. The van der Waals surface area contributed by atoms with E-state index in [-0.39, 0.29) is 23.4 Å². The van der Waals surface area contributed by atoms with Gasteiger partial charge in [-0.25, -0.2) is 8.42 Å². The number of hydrogen-bond donors (Lipinski definition) is 1. The maximum absolute atomic E-state index is 14.1. The van der Waals surface area contributed by atoms with Crippen LogP contribution in [0.15, 0.2) is 83.8 Å². The van der Waals surface area contributed by atoms with E-state index in [1.54, 1.807) is 61.7 Å². The van der Waals surface area contributed by atoms with Crippen LogP contribution in [0.3, 0.4) is 0 Å². The number of carbonyl (C=O) groups excluding carboxylic acids is 2. The molecule has 0 bridgehead atoms. The zero-order valence-corrected chi connectivity index (χ0v) is 25.1. The van der Waals surface area contributed by atoms with Crippen molar-refractivity contribution in [3.05, 3.63) is 84.4 Å². The zero-order valence-electron chi connectivity index (χ0n) is 24.2. The van der Waals surface area contributed by atoms with Gasteiger partial charge >= 0.3 is 0 Å². The number of para-hydroxylation sites is 1. The number of hydrogen-bond acceptors (Lipinski definition) is 6. The van der Waals surface area contributed by atoms with Crippen LogP contribution in [0.5, 0.6) is 11.5 Å². The van der Waals surface area contributed by atoms with E-state index in [2.05, 4.69) is 5.32 Å². The fraction of sp³-hybridized carbons (Fsp3) is 0.355. The summed E-state index contributed by atoms with van der Waals surface area (Å²) in [7, 11) is -2.59. The van der Waals surface area contributed by atoms with E-state index < -0.39 is 28.5 Å². The van der Waals surface area contributed by atoms with Crippen LogP contribution in [0.2, 0.25) is 0 Å². The lowest BCUT2D eigenvalue weighted by Crippen LogP contribution is -2.53. The van der Waals surface area contributed by atoms with Crippen molar-refractivity contribution in [1.29, 1.82) is 0 Å². The lowest BCUT2D eigenvalue weighted by atomic mass is 10.1. The molecule has 1 N–H and O–H groups in total. The summed E-state index contributed by atoms with van der Waals surface area (Å²) in [6.07, 6.45) is 0.345. The molecule has 0 aromatic heterocycles. The highest BCUT2D eigenvalue weighted by Gasteiger charge is 2.33. The van der Waals surface area contributed by atoms with E-state index in [0.29, 0.717) is 30.2 Å². The van der Waals surface area contributed by atoms with Crippen LogP contribution < -0.4 is 19.1 Å². The second-order valence-electron chi connectivity index (χ2n) is 9.71. The fourth-order valence-electron chi connectivity index (χ4n) is 4.35. The van der Waals surface area contributed by atoms with E-state index in [0.717, 1.165) is 9.87 Å². The molecule has 220 valence electrons. The molecule has 0 spiro atoms. The highest BCUT2D eigenvalue weighted by atomic mass is 32.2. The van der Waals surface area contributed by atoms with Crippen LogP contribution in [0.4, 0.5) is 5.69 Å². The summed E-state index contributed by atoms with van der Waals surface area (Å²) in [5, 5.41) is 2.89. The van der Waals surface area contributed by atoms with Crippen molar-refractivity contribution >= 4 is 27.5 Å². The van der Waals surface area contributed by atoms with Gasteiger partial charge in [-0.15, -0.1) is 0 Å². The van der Waals surface area contributed by atoms with Crippen LogP contribution in [0, 0.1) is 0 Å². The normalized spacial score (nSPS) is 12.0. The molecule has 41 heavy (non-hydrogen) atoms. The summed E-state index contributed by atoms with van der Waals surface area (Å²) in [5.74, 6) is 0.393. The first-order valence-corrected chi connectivity index (χ1v) is 15.1. The summed E-state index contributed by atoms with van der Waals surface area (Å²) < 4.78 is 39.6. The molecule has 1 atom stereocenters. The Morgan fingerprint density at radius 2 is 1.49 bits per heavy atom. The van der Waals surface area contributed by atoms with Crippen molar-refractivity contribution in [2.75, 3.05) is 24.6 Å². The summed E-state index contributed by atoms with van der Waals surface area (Å²) >= 11 is 0. The Labute approximate surface area is 243 Å². The molecular weight excluding hydrogens is 542 g/mol. The first-order valence-electron chi connectivity index (χ1n) is 13.6. The monoisotopic (exact) mass is 581 g/mol. The minimum atomic E-state index is -4.15. The van der Waals surface area contributed by atoms with Crippen molar-refractivity contribution in [3.63, 3.8) is 0 Å². The van der Waals surface area contributed by atoms with Gasteiger partial charge in [0.1, 0.15) is 24.1 Å². The summed E-state index contributed by atoms with van der Waals surface area (Å²) in [6, 6.07) is 20.8. The third-order valence-electron chi connectivity index (χ3n) is 6.37. The second kappa shape index (κ2) is 14.5. The van der Waals surface area contributed by atoms with Gasteiger partial charge in [-0.05, 0) is 81.3 Å². The van der Waals surface area contributed by atoms with Crippen molar-refractivity contribution in [1.82, 2.24) is 10.2 Å². The molecule has 1 unspecified atom stereocenters. The van der Waals surface area contributed by atoms with Gasteiger partial charge in [0.05, 0.1) is 24.3 Å². The maximum atomic E-state index is 14.1. The number of sulfonamides is 1. The van der Waals surface area contributed by atoms with E-state index in [4.69, 9.17) is 9.47 Å². The van der Waals surface area contributed by atoms with E-state index in [1.807, 2.05) is 39.8 Å². The smallest absolute Gasteiger partial charge is 0.264 e. The molecule has 0 saturated heterocycles. The van der Waals surface area contributed by atoms with Crippen molar-refractivity contribution in [2.24, 2.45) is 0 Å². The Hall–Kier alpha value is -4.05. The van der Waals surface area contributed by atoms with Crippen molar-refractivity contribution < 1.29 is 27.5 Å². The number of nitrogens with one attached hydrogen (secondary N) is 1. The van der Waals surface area contributed by atoms with Crippen LogP contribution in [-0.4, -0.2) is 57.5 Å². The Bertz CT molecular complexity index is 1380. The largest absolute Gasteiger partial charge is 0.497 e. The Balaban J connectivity index is 2.02. The second-order valence-corrected chi connectivity index (χ2v) is 11.6. The van der Waals surface area contributed by atoms with E-state index in [9.17, 15) is 18.0 Å². The number of methoxy groups -OCH3 is 1. The molecule has 0 radical (unpaired) electrons. The Morgan fingerprint density at radius 1 is 0.878 bits per heavy atom. The molecule has 3 rings (SSSR count). The number of nitrogens with zero attached hydrogens (tertiary/aromatic N) is 2. The molecule has 0 fully saturated rings. The molecule has 3 aromatic rings. The van der Waals surface area contributed by atoms with Gasteiger partial charge in [0.2, 0.25) is 11.8 Å². The van der Waals surface area contributed by atoms with Crippen molar-refractivity contribution in [2.45, 2.75) is 57.6 Å². The molecule has 0 aliphatic heterocycles. The number of ether oxygens (including phenoxy) is 2. The number of benzene rings is 3. The molecule has 9 nitrogen and oxygen atoms in total. The van der Waals surface area contributed by atoms with Gasteiger partial charge in [0.15, 0.2) is 0 Å². The van der Waals surface area contributed by atoms with Crippen LogP contribution in [0.25, 0.3) is 0 Å². The van der Waals surface area contributed by atoms with Gasteiger partial charge in [-0.3, -0.25) is 13.9 Å². The molecular formula is C31H39N3O6S. The molecule has 0 aliphatic carbocycles. The van der Waals surface area contributed by atoms with E-state index >= 15 is 0 Å². The zero-order chi connectivity index (χ0) is 30.0. The van der Waals surface area contributed by atoms with Crippen LogP contribution >= 0.6 is 0 Å². The van der Waals surface area contributed by atoms with Gasteiger partial charge in [-0.1, -0.05) is 37.3 Å². The van der Waals surface area contributed by atoms with Crippen LogP contribution in [-0.2, 0) is 26.2 Å². The number of rotatable bonds is 14. The third-order valence-corrected chi connectivity index (χ3v) is 8.16. The summed E-state index contributed by atoms with van der Waals surface area (Å²) in [4.78, 5) is 28.7. The number of carbonyl (C=O) groups is 2. The average molecular weight is 582 g/mol. The van der Waals surface area contributed by atoms with Gasteiger partial charge < -0.3 is 19.7 Å². The topological polar surface area (TPSA) is 105 Å². The fourth-order valence-corrected chi connectivity index (χ4v) is 5.77. The van der Waals surface area contributed by atoms with Gasteiger partial charge in [-0.2, -0.15) is 0 Å². The number of anilines is 1. The minimum absolute atomic E-state index is 0.0175. The predicted molar refractivity (Wildman–Crippen MR) is 159 cm³/mol. The number of amides is 2. The van der Waals surface area contributed by atoms with Gasteiger partial charge in [0.25, 0.3) is 10.0 Å². The predicted octanol–water partition coefficient (Wildman–Crippen LogP) is 4.62. The average Bonchev–Trinajstić information content (AvgIpc) is 2.96. The molecule has 0 heterocycles. The van der Waals surface area contributed by atoms with Crippen molar-refractivity contribution in [3.8, 4) is 11.5 Å². The standard InChI is InChI=1S/C31H39N3O6S/c1-6-29(31(36)32-23(3)4)33(21-24-13-15-26(39-5)16-14-24)30(35)22-34(25-11-9-8-10-12-25)41(37,38)28-19-17-27(18-20-28)40-7-2/h8-20,23,29H,6-7,21-22H2,1-5H3,(H,32,36). The first-order chi connectivity index (χ1) is 19.6. The molecule has 10 heteroatoms. The highest BCUT2D eigenvalue weighted by Crippen LogP contribution is 2.26. The summed E-state index contributed by atoms with van der Waals surface area (Å²) in [6.45, 7) is 7.42. The maximum Gasteiger partial charge on any atom is 0.264 e. The molecule has 2 amide bonds. The quantitative estimate of drug-likeness (QED) is 0.298. The molecule has 0 saturated carbocycles. The summed E-state index contributed by atoms with van der Waals surface area (Å²) in [5.41, 5.74) is 1.11. The highest BCUT2D eigenvalue weighted by molar-refractivity contribution is 7.92. The Morgan fingerprint density at radius 3 is 2.02 bits per heavy atom. The SMILES string of the molecule is CCOc1ccc(S(=O)(=O)N(CC(=O)N(Cc2ccc(OC)cc2)C(CC)C(=O)NC(C)C)c2ccccc2)cc1. The molecule has 3 aromatic carbocycles.